The zero-order valence-electron chi connectivity index (χ0n) is 8.77. The molecular weight excluding hydrogens is 228 g/mol. The van der Waals surface area contributed by atoms with Crippen molar-refractivity contribution in [1.29, 1.82) is 0 Å². The van der Waals surface area contributed by atoms with Gasteiger partial charge in [-0.1, -0.05) is 17.5 Å². The van der Waals surface area contributed by atoms with Gasteiger partial charge in [0.15, 0.2) is 0 Å². The Labute approximate surface area is 98.9 Å². The van der Waals surface area contributed by atoms with E-state index in [4.69, 9.17) is 23.1 Å². The maximum absolute atomic E-state index is 10.9. The first kappa shape index (κ1) is 12.3. The lowest BCUT2D eigenvalue weighted by molar-refractivity contribution is 0.0697. The Morgan fingerprint density at radius 3 is 2.94 bits per heavy atom. The van der Waals surface area contributed by atoms with Crippen molar-refractivity contribution in [2.45, 2.75) is 6.92 Å². The number of aromatic carboxylic acids is 1. The summed E-state index contributed by atoms with van der Waals surface area (Å²) in [7, 11) is 0. The molecule has 0 amide bonds. The smallest absolute Gasteiger partial charge is 0.337 e. The van der Waals surface area contributed by atoms with E-state index in [0.29, 0.717) is 18.9 Å². The number of hydrogen-bond donors (Lipinski definition) is 1. The molecule has 0 aliphatic carbocycles. The van der Waals surface area contributed by atoms with Crippen molar-refractivity contribution in [3.63, 3.8) is 0 Å². The number of aromatic nitrogens is 1. The van der Waals surface area contributed by atoms with Crippen molar-refractivity contribution >= 4 is 23.4 Å². The Morgan fingerprint density at radius 2 is 2.44 bits per heavy atom. The molecule has 1 rings (SSSR count). The average Bonchev–Trinajstić information content (AvgIpc) is 2.26. The molecule has 0 aromatic carbocycles. The minimum absolute atomic E-state index is 0.0298. The molecule has 5 heteroatoms. The standard InChI is InChI=1S/C11H11ClN2O2/c1-3-5-14(4-2)10-6-8(11(15)16)9(12)7-13-10/h1,6-7H,4-5H2,2H3,(H,15,16). The normalized spacial score (nSPS) is 9.56. The molecule has 0 unspecified atom stereocenters. The van der Waals surface area contributed by atoms with Gasteiger partial charge in [0.25, 0.3) is 0 Å². The van der Waals surface area contributed by atoms with Gasteiger partial charge >= 0.3 is 5.97 Å². The molecular formula is C11H11ClN2O2. The lowest BCUT2D eigenvalue weighted by Crippen LogP contribution is -2.24. The molecule has 0 spiro atoms. The van der Waals surface area contributed by atoms with E-state index in [-0.39, 0.29) is 10.6 Å². The van der Waals surface area contributed by atoms with E-state index in [1.165, 1.54) is 12.3 Å². The van der Waals surface area contributed by atoms with Crippen molar-refractivity contribution in [1.82, 2.24) is 4.98 Å². The van der Waals surface area contributed by atoms with E-state index in [2.05, 4.69) is 10.9 Å². The van der Waals surface area contributed by atoms with Gasteiger partial charge in [-0.25, -0.2) is 9.78 Å². The van der Waals surface area contributed by atoms with Gasteiger partial charge in [0.05, 0.1) is 17.1 Å². The highest BCUT2D eigenvalue weighted by atomic mass is 35.5. The second kappa shape index (κ2) is 5.38. The molecule has 0 radical (unpaired) electrons. The topological polar surface area (TPSA) is 53.4 Å². The second-order valence-electron chi connectivity index (χ2n) is 3.05. The fourth-order valence-electron chi connectivity index (χ4n) is 1.23. The Balaban J connectivity index is 3.11. The van der Waals surface area contributed by atoms with Crippen LogP contribution in [0.3, 0.4) is 0 Å². The van der Waals surface area contributed by atoms with Crippen LogP contribution in [0.5, 0.6) is 0 Å². The summed E-state index contributed by atoms with van der Waals surface area (Å²) in [6.45, 7) is 2.94. The first-order valence-electron chi connectivity index (χ1n) is 4.67. The highest BCUT2D eigenvalue weighted by Crippen LogP contribution is 2.20. The number of terminal acetylenes is 1. The maximum Gasteiger partial charge on any atom is 0.337 e. The van der Waals surface area contributed by atoms with E-state index in [1.807, 2.05) is 6.92 Å². The van der Waals surface area contributed by atoms with Crippen LogP contribution in [0, 0.1) is 12.3 Å². The quantitative estimate of drug-likeness (QED) is 0.814. The van der Waals surface area contributed by atoms with Crippen LogP contribution in [-0.4, -0.2) is 29.1 Å². The van der Waals surface area contributed by atoms with Crippen molar-refractivity contribution in [2.75, 3.05) is 18.0 Å². The van der Waals surface area contributed by atoms with Crippen molar-refractivity contribution in [2.24, 2.45) is 0 Å². The monoisotopic (exact) mass is 238 g/mol. The molecule has 16 heavy (non-hydrogen) atoms. The fraction of sp³-hybridized carbons (Fsp3) is 0.273. The first-order valence-corrected chi connectivity index (χ1v) is 5.05. The third kappa shape index (κ3) is 2.65. The third-order valence-electron chi connectivity index (χ3n) is 2.06. The molecule has 0 saturated carbocycles. The lowest BCUT2D eigenvalue weighted by Gasteiger charge is -2.19. The van der Waals surface area contributed by atoms with E-state index in [9.17, 15) is 4.79 Å². The number of carboxylic acids is 1. The third-order valence-corrected chi connectivity index (χ3v) is 2.36. The van der Waals surface area contributed by atoms with Crippen molar-refractivity contribution < 1.29 is 9.90 Å². The molecule has 1 heterocycles. The summed E-state index contributed by atoms with van der Waals surface area (Å²) in [6.07, 6.45) is 6.53. The Hall–Kier alpha value is -1.73. The molecule has 0 bridgehead atoms. The van der Waals surface area contributed by atoms with Gasteiger partial charge in [0, 0.05) is 12.7 Å². The van der Waals surface area contributed by atoms with Crippen LogP contribution in [0.1, 0.15) is 17.3 Å². The number of nitrogens with zero attached hydrogens (tertiary/aromatic N) is 2. The molecule has 1 N–H and O–H groups in total. The van der Waals surface area contributed by atoms with Crippen LogP contribution < -0.4 is 4.90 Å². The molecule has 84 valence electrons. The summed E-state index contributed by atoms with van der Waals surface area (Å²) >= 11 is 5.71. The zero-order chi connectivity index (χ0) is 12.1. The first-order chi connectivity index (χ1) is 7.60. The van der Waals surface area contributed by atoms with Crippen LogP contribution in [0.4, 0.5) is 5.82 Å². The van der Waals surface area contributed by atoms with Crippen LogP contribution in [-0.2, 0) is 0 Å². The minimum atomic E-state index is -1.08. The summed E-state index contributed by atoms with van der Waals surface area (Å²) in [6, 6.07) is 1.42. The molecule has 0 fully saturated rings. The highest BCUT2D eigenvalue weighted by Gasteiger charge is 2.13. The van der Waals surface area contributed by atoms with Gasteiger partial charge in [0.2, 0.25) is 0 Å². The van der Waals surface area contributed by atoms with Crippen LogP contribution in [0.2, 0.25) is 5.02 Å². The predicted octanol–water partition coefficient (Wildman–Crippen LogP) is 1.89. The number of carboxylic acid groups (broad SMARTS) is 1. The SMILES string of the molecule is C#CCN(CC)c1cc(C(=O)O)c(Cl)cn1. The van der Waals surface area contributed by atoms with Crippen molar-refractivity contribution in [3.8, 4) is 12.3 Å². The number of halogens is 1. The van der Waals surface area contributed by atoms with Gasteiger partial charge in [-0.3, -0.25) is 0 Å². The van der Waals surface area contributed by atoms with Gasteiger partial charge in [-0.05, 0) is 13.0 Å². The number of anilines is 1. The molecule has 0 saturated heterocycles. The maximum atomic E-state index is 10.9. The summed E-state index contributed by atoms with van der Waals surface area (Å²) in [5.41, 5.74) is 0.0298. The fourth-order valence-corrected chi connectivity index (χ4v) is 1.41. The predicted molar refractivity (Wildman–Crippen MR) is 62.9 cm³/mol. The van der Waals surface area contributed by atoms with E-state index < -0.39 is 5.97 Å². The Morgan fingerprint density at radius 1 is 1.75 bits per heavy atom. The van der Waals surface area contributed by atoms with Gasteiger partial charge in [-0.2, -0.15) is 0 Å². The molecule has 0 aliphatic rings. The molecule has 0 aliphatic heterocycles. The summed E-state index contributed by atoms with van der Waals surface area (Å²) in [4.78, 5) is 16.7. The highest BCUT2D eigenvalue weighted by molar-refractivity contribution is 6.33. The Bertz CT molecular complexity index is 440. The van der Waals surface area contributed by atoms with Crippen LogP contribution in [0.15, 0.2) is 12.3 Å². The molecule has 1 aromatic rings. The van der Waals surface area contributed by atoms with Crippen molar-refractivity contribution in [3.05, 3.63) is 22.8 Å². The van der Waals surface area contributed by atoms with Crippen LogP contribution >= 0.6 is 11.6 Å². The molecule has 4 nitrogen and oxygen atoms in total. The summed E-state index contributed by atoms with van der Waals surface area (Å²) in [5, 5.41) is 9.02. The van der Waals surface area contributed by atoms with Gasteiger partial charge < -0.3 is 10.0 Å². The average molecular weight is 239 g/mol. The molecule has 1 aromatic heterocycles. The number of pyridine rings is 1. The summed E-state index contributed by atoms with van der Waals surface area (Å²) < 4.78 is 0. The Kier molecular flexibility index (Phi) is 4.15. The van der Waals surface area contributed by atoms with E-state index in [0.717, 1.165) is 0 Å². The number of hydrogen-bond acceptors (Lipinski definition) is 3. The van der Waals surface area contributed by atoms with Gasteiger partial charge in [0.1, 0.15) is 5.82 Å². The number of carbonyl (C=O) groups is 1. The second-order valence-corrected chi connectivity index (χ2v) is 3.45. The lowest BCUT2D eigenvalue weighted by atomic mass is 10.2. The largest absolute Gasteiger partial charge is 0.478 e. The van der Waals surface area contributed by atoms with Gasteiger partial charge in [-0.15, -0.1) is 6.42 Å². The van der Waals surface area contributed by atoms with Crippen LogP contribution in [0.25, 0.3) is 0 Å². The minimum Gasteiger partial charge on any atom is -0.478 e. The van der Waals surface area contributed by atoms with E-state index >= 15 is 0 Å². The summed E-state index contributed by atoms with van der Waals surface area (Å²) in [5.74, 6) is 1.92. The zero-order valence-corrected chi connectivity index (χ0v) is 9.53. The number of rotatable bonds is 4. The van der Waals surface area contributed by atoms with E-state index in [1.54, 1.807) is 4.90 Å². The molecule has 0 atom stereocenters.